The van der Waals surface area contributed by atoms with Crippen LogP contribution in [-0.4, -0.2) is 28.0 Å². The van der Waals surface area contributed by atoms with Gasteiger partial charge >= 0.3 is 6.09 Å². The van der Waals surface area contributed by atoms with Crippen molar-refractivity contribution in [3.63, 3.8) is 0 Å². The molecule has 2 aromatic heterocycles. The molecule has 7 heteroatoms. The second-order valence-electron chi connectivity index (χ2n) is 6.40. The molecule has 1 aliphatic rings. The Morgan fingerprint density at radius 2 is 2.00 bits per heavy atom. The first-order valence-corrected chi connectivity index (χ1v) is 8.83. The molecule has 0 radical (unpaired) electrons. The van der Waals surface area contributed by atoms with E-state index in [1.54, 1.807) is 24.4 Å². The number of aromatic nitrogens is 3. The Hall–Kier alpha value is -3.22. The number of benzene rings is 1. The van der Waals surface area contributed by atoms with Crippen molar-refractivity contribution in [2.75, 3.05) is 12.4 Å². The average Bonchev–Trinajstić information content (AvgIpc) is 3.08. The van der Waals surface area contributed by atoms with Crippen LogP contribution in [0.25, 0.3) is 22.4 Å². The summed E-state index contributed by atoms with van der Waals surface area (Å²) in [7, 11) is 1.31. The summed E-state index contributed by atoms with van der Waals surface area (Å²) >= 11 is 0. The van der Waals surface area contributed by atoms with E-state index in [1.165, 1.54) is 19.2 Å². The van der Waals surface area contributed by atoms with Crippen LogP contribution in [0.15, 0.2) is 42.6 Å². The van der Waals surface area contributed by atoms with E-state index in [1.807, 2.05) is 10.7 Å². The van der Waals surface area contributed by atoms with Crippen molar-refractivity contribution in [1.82, 2.24) is 14.8 Å². The second-order valence-corrected chi connectivity index (χ2v) is 6.40. The quantitative estimate of drug-likeness (QED) is 0.752. The number of nitrogens with one attached hydrogen (secondary N) is 1. The Balaban J connectivity index is 1.84. The molecule has 3 heterocycles. The van der Waals surface area contributed by atoms with Crippen molar-refractivity contribution in [3.8, 4) is 22.4 Å². The van der Waals surface area contributed by atoms with Gasteiger partial charge in [-0.25, -0.2) is 14.2 Å². The molecular formula is C20H19FN4O2. The van der Waals surface area contributed by atoms with Crippen LogP contribution < -0.4 is 5.32 Å². The van der Waals surface area contributed by atoms with Crippen molar-refractivity contribution in [2.24, 2.45) is 0 Å². The lowest BCUT2D eigenvalue weighted by Gasteiger charge is -2.15. The molecule has 138 valence electrons. The highest BCUT2D eigenvalue weighted by atomic mass is 19.1. The molecule has 3 aromatic rings. The van der Waals surface area contributed by atoms with Gasteiger partial charge in [0.15, 0.2) is 0 Å². The first-order chi connectivity index (χ1) is 13.2. The lowest BCUT2D eigenvalue weighted by molar-refractivity contribution is 0.187. The minimum Gasteiger partial charge on any atom is -0.453 e. The number of rotatable bonds is 3. The highest BCUT2D eigenvalue weighted by molar-refractivity contribution is 5.87. The number of hydrogen-bond acceptors (Lipinski definition) is 4. The largest absolute Gasteiger partial charge is 0.453 e. The molecular weight excluding hydrogens is 347 g/mol. The maximum atomic E-state index is 13.4. The maximum absolute atomic E-state index is 13.4. The van der Waals surface area contributed by atoms with E-state index < -0.39 is 6.09 Å². The fourth-order valence-corrected chi connectivity index (χ4v) is 3.41. The molecule has 0 unspecified atom stereocenters. The molecule has 0 fully saturated rings. The number of aryl methyl sites for hydroxylation is 1. The maximum Gasteiger partial charge on any atom is 0.412 e. The van der Waals surface area contributed by atoms with Gasteiger partial charge in [-0.1, -0.05) is 0 Å². The summed E-state index contributed by atoms with van der Waals surface area (Å²) in [5, 5.41) is 7.39. The number of halogens is 1. The molecule has 0 saturated heterocycles. The highest BCUT2D eigenvalue weighted by Gasteiger charge is 2.23. The topological polar surface area (TPSA) is 69.0 Å². The van der Waals surface area contributed by atoms with Crippen molar-refractivity contribution < 1.29 is 13.9 Å². The first-order valence-electron chi connectivity index (χ1n) is 8.83. The SMILES string of the molecule is COC(=O)Nc1cc(-c2c(-c3ccc(F)cc3)nn3c2CCCC3)ccn1. The third-order valence-corrected chi connectivity index (χ3v) is 4.67. The first kappa shape index (κ1) is 17.2. The summed E-state index contributed by atoms with van der Waals surface area (Å²) in [6, 6.07) is 10.0. The Kier molecular flexibility index (Phi) is 4.58. The van der Waals surface area contributed by atoms with Crippen LogP contribution in [0.3, 0.4) is 0 Å². The van der Waals surface area contributed by atoms with Crippen LogP contribution >= 0.6 is 0 Å². The average molecular weight is 366 g/mol. The van der Waals surface area contributed by atoms with Crippen molar-refractivity contribution in [3.05, 3.63) is 54.1 Å². The standard InChI is InChI=1S/C20H19FN4O2/c1-27-20(26)23-17-12-14(9-10-22-17)18-16-4-2-3-11-25(16)24-19(18)13-5-7-15(21)8-6-13/h5-10,12H,2-4,11H2,1H3,(H,22,23,26). The molecule has 27 heavy (non-hydrogen) atoms. The van der Waals surface area contributed by atoms with Crippen LogP contribution in [0.2, 0.25) is 0 Å². The molecule has 4 rings (SSSR count). The number of anilines is 1. The summed E-state index contributed by atoms with van der Waals surface area (Å²) < 4.78 is 20.0. The summed E-state index contributed by atoms with van der Waals surface area (Å²) in [4.78, 5) is 15.7. The van der Waals surface area contributed by atoms with E-state index in [0.29, 0.717) is 5.82 Å². The van der Waals surface area contributed by atoms with E-state index >= 15 is 0 Å². The monoisotopic (exact) mass is 366 g/mol. The molecule has 1 aliphatic heterocycles. The fourth-order valence-electron chi connectivity index (χ4n) is 3.41. The molecule has 1 amide bonds. The normalized spacial score (nSPS) is 13.1. The van der Waals surface area contributed by atoms with Crippen LogP contribution in [0, 0.1) is 5.82 Å². The van der Waals surface area contributed by atoms with Crippen LogP contribution in [0.1, 0.15) is 18.5 Å². The summed E-state index contributed by atoms with van der Waals surface area (Å²) in [6.45, 7) is 0.863. The summed E-state index contributed by atoms with van der Waals surface area (Å²) in [6.07, 6.45) is 4.17. The molecule has 0 spiro atoms. The van der Waals surface area contributed by atoms with E-state index in [2.05, 4.69) is 15.0 Å². The van der Waals surface area contributed by atoms with E-state index in [-0.39, 0.29) is 5.82 Å². The predicted octanol–water partition coefficient (Wildman–Crippen LogP) is 4.27. The molecule has 6 nitrogen and oxygen atoms in total. The van der Waals surface area contributed by atoms with Crippen molar-refractivity contribution in [2.45, 2.75) is 25.8 Å². The zero-order valence-electron chi connectivity index (χ0n) is 14.9. The highest BCUT2D eigenvalue weighted by Crippen LogP contribution is 2.37. The van der Waals surface area contributed by atoms with Gasteiger partial charge in [-0.05, 0) is 61.2 Å². The van der Waals surface area contributed by atoms with Gasteiger partial charge in [0, 0.05) is 29.6 Å². The predicted molar refractivity (Wildman–Crippen MR) is 99.8 cm³/mol. The Morgan fingerprint density at radius 3 is 2.78 bits per heavy atom. The minimum absolute atomic E-state index is 0.280. The minimum atomic E-state index is -0.574. The lowest BCUT2D eigenvalue weighted by Crippen LogP contribution is -2.12. The van der Waals surface area contributed by atoms with Gasteiger partial charge in [0.25, 0.3) is 0 Å². The number of hydrogen-bond donors (Lipinski definition) is 1. The number of nitrogens with zero attached hydrogens (tertiary/aromatic N) is 3. The Labute approximate surface area is 156 Å². The second kappa shape index (κ2) is 7.19. The van der Waals surface area contributed by atoms with E-state index in [0.717, 1.165) is 53.9 Å². The van der Waals surface area contributed by atoms with Gasteiger partial charge in [-0.2, -0.15) is 5.10 Å². The van der Waals surface area contributed by atoms with Crippen molar-refractivity contribution >= 4 is 11.9 Å². The van der Waals surface area contributed by atoms with E-state index in [4.69, 9.17) is 5.10 Å². The molecule has 0 atom stereocenters. The number of amides is 1. The lowest BCUT2D eigenvalue weighted by atomic mass is 9.96. The number of fused-ring (bicyclic) bond motifs is 1. The number of carbonyl (C=O) groups excluding carboxylic acids is 1. The number of methoxy groups -OCH3 is 1. The van der Waals surface area contributed by atoms with Crippen molar-refractivity contribution in [1.29, 1.82) is 0 Å². The Bertz CT molecular complexity index is 982. The molecule has 1 N–H and O–H groups in total. The van der Waals surface area contributed by atoms with Gasteiger partial charge in [-0.3, -0.25) is 10.00 Å². The van der Waals surface area contributed by atoms with Crippen LogP contribution in [-0.2, 0) is 17.7 Å². The molecule has 0 aliphatic carbocycles. The van der Waals surface area contributed by atoms with Crippen LogP contribution in [0.5, 0.6) is 0 Å². The molecule has 1 aromatic carbocycles. The van der Waals surface area contributed by atoms with Gasteiger partial charge in [-0.15, -0.1) is 0 Å². The number of pyridine rings is 1. The zero-order valence-corrected chi connectivity index (χ0v) is 14.9. The van der Waals surface area contributed by atoms with Gasteiger partial charge in [0.1, 0.15) is 17.3 Å². The third-order valence-electron chi connectivity index (χ3n) is 4.67. The summed E-state index contributed by atoms with van der Waals surface area (Å²) in [5.74, 6) is 0.123. The van der Waals surface area contributed by atoms with Gasteiger partial charge < -0.3 is 4.74 Å². The zero-order chi connectivity index (χ0) is 18.8. The Morgan fingerprint density at radius 1 is 1.19 bits per heavy atom. The summed E-state index contributed by atoms with van der Waals surface area (Å²) in [5.41, 5.74) is 4.71. The van der Waals surface area contributed by atoms with E-state index in [9.17, 15) is 9.18 Å². The smallest absolute Gasteiger partial charge is 0.412 e. The molecule has 0 saturated carbocycles. The fraction of sp³-hybridized carbons (Fsp3) is 0.250. The number of carbonyl (C=O) groups is 1. The van der Waals surface area contributed by atoms with Gasteiger partial charge in [0.05, 0.1) is 7.11 Å². The number of ether oxygens (including phenoxy) is 1. The van der Waals surface area contributed by atoms with Gasteiger partial charge in [0.2, 0.25) is 0 Å². The van der Waals surface area contributed by atoms with Crippen LogP contribution in [0.4, 0.5) is 15.0 Å². The molecule has 0 bridgehead atoms. The third kappa shape index (κ3) is 3.40.